The van der Waals surface area contributed by atoms with Gasteiger partial charge in [-0.25, -0.2) is 13.2 Å². The third kappa shape index (κ3) is 4.61. The number of benzene rings is 1. The van der Waals surface area contributed by atoms with Crippen LogP contribution in [0, 0.1) is 5.92 Å². The first-order valence-electron chi connectivity index (χ1n) is 7.40. The fourth-order valence-electron chi connectivity index (χ4n) is 2.72. The van der Waals surface area contributed by atoms with Crippen LogP contribution in [-0.4, -0.2) is 44.9 Å². The van der Waals surface area contributed by atoms with E-state index in [1.54, 1.807) is 0 Å². The molecule has 0 aliphatic carbocycles. The van der Waals surface area contributed by atoms with Crippen LogP contribution < -0.4 is 5.73 Å². The number of ether oxygens (including phenoxy) is 1. The summed E-state index contributed by atoms with van der Waals surface area (Å²) >= 11 is 5.96. The summed E-state index contributed by atoms with van der Waals surface area (Å²) in [6, 6.07) is 3.95. The van der Waals surface area contributed by atoms with Crippen molar-refractivity contribution in [2.75, 3.05) is 20.2 Å². The summed E-state index contributed by atoms with van der Waals surface area (Å²) in [6.45, 7) is 2.70. The number of esters is 1. The zero-order chi connectivity index (χ0) is 17.2. The van der Waals surface area contributed by atoms with Crippen molar-refractivity contribution in [3.05, 3.63) is 28.8 Å². The van der Waals surface area contributed by atoms with Crippen LogP contribution >= 0.6 is 24.0 Å². The van der Waals surface area contributed by atoms with E-state index in [1.165, 1.54) is 29.6 Å². The largest absolute Gasteiger partial charge is 0.465 e. The first-order chi connectivity index (χ1) is 10.8. The molecule has 1 aromatic rings. The lowest BCUT2D eigenvalue weighted by molar-refractivity contribution is 0.0600. The molecular weight excluding hydrogens is 375 g/mol. The van der Waals surface area contributed by atoms with Gasteiger partial charge in [0.2, 0.25) is 10.0 Å². The van der Waals surface area contributed by atoms with Crippen molar-refractivity contribution in [3.63, 3.8) is 0 Å². The molecule has 2 unspecified atom stereocenters. The van der Waals surface area contributed by atoms with Gasteiger partial charge in [-0.2, -0.15) is 4.31 Å². The Kier molecular flexibility index (Phi) is 7.49. The number of piperidine rings is 1. The van der Waals surface area contributed by atoms with E-state index < -0.39 is 16.0 Å². The van der Waals surface area contributed by atoms with Crippen molar-refractivity contribution in [2.24, 2.45) is 11.7 Å². The maximum Gasteiger partial charge on any atom is 0.337 e. The summed E-state index contributed by atoms with van der Waals surface area (Å²) in [5.74, 6) is -0.506. The molecule has 0 aromatic heterocycles. The van der Waals surface area contributed by atoms with Crippen LogP contribution in [0.3, 0.4) is 0 Å². The molecule has 2 N–H and O–H groups in total. The number of hydrogen-bond acceptors (Lipinski definition) is 5. The number of sulfonamides is 1. The minimum absolute atomic E-state index is 0. The molecule has 2 rings (SSSR count). The van der Waals surface area contributed by atoms with Gasteiger partial charge in [-0.05, 0) is 43.9 Å². The third-order valence-electron chi connectivity index (χ3n) is 4.09. The third-order valence-corrected chi connectivity index (χ3v) is 6.16. The molecule has 0 radical (unpaired) electrons. The smallest absolute Gasteiger partial charge is 0.337 e. The molecule has 0 amide bonds. The quantitative estimate of drug-likeness (QED) is 0.788. The first-order valence-corrected chi connectivity index (χ1v) is 9.22. The number of nitrogens with zero attached hydrogens (tertiary/aromatic N) is 1. The van der Waals surface area contributed by atoms with E-state index in [0.29, 0.717) is 13.1 Å². The minimum atomic E-state index is -3.73. The summed E-state index contributed by atoms with van der Waals surface area (Å²) in [5.41, 5.74) is 6.02. The Morgan fingerprint density at radius 3 is 2.67 bits per heavy atom. The second kappa shape index (κ2) is 8.49. The van der Waals surface area contributed by atoms with Gasteiger partial charge in [0.05, 0.1) is 17.6 Å². The Morgan fingerprint density at radius 1 is 1.42 bits per heavy atom. The maximum absolute atomic E-state index is 12.8. The molecule has 136 valence electrons. The lowest BCUT2D eigenvalue weighted by Crippen LogP contribution is -2.44. The zero-order valence-corrected chi connectivity index (χ0v) is 16.0. The highest BCUT2D eigenvalue weighted by molar-refractivity contribution is 7.89. The van der Waals surface area contributed by atoms with Gasteiger partial charge in [0.1, 0.15) is 0 Å². The van der Waals surface area contributed by atoms with Crippen molar-refractivity contribution in [1.29, 1.82) is 0 Å². The van der Waals surface area contributed by atoms with Gasteiger partial charge in [-0.1, -0.05) is 11.6 Å². The van der Waals surface area contributed by atoms with Gasteiger partial charge in [0.15, 0.2) is 0 Å². The van der Waals surface area contributed by atoms with Crippen LogP contribution in [0.15, 0.2) is 23.1 Å². The zero-order valence-electron chi connectivity index (χ0n) is 13.6. The number of carbonyl (C=O) groups excluding carboxylic acids is 1. The van der Waals surface area contributed by atoms with Crippen LogP contribution in [-0.2, 0) is 14.8 Å². The molecule has 9 heteroatoms. The number of hydrogen-bond donors (Lipinski definition) is 1. The SMILES string of the molecule is COC(=O)c1cc(Cl)cc(S(=O)(=O)N2CCCC(C(C)N)C2)c1.Cl. The summed E-state index contributed by atoms with van der Waals surface area (Å²) in [7, 11) is -2.50. The molecule has 1 aromatic carbocycles. The second-order valence-corrected chi connectivity index (χ2v) is 8.17. The Hall–Kier alpha value is -0.860. The summed E-state index contributed by atoms with van der Waals surface area (Å²) in [6.07, 6.45) is 1.67. The van der Waals surface area contributed by atoms with Gasteiger partial charge in [0.25, 0.3) is 0 Å². The van der Waals surface area contributed by atoms with E-state index in [0.717, 1.165) is 12.8 Å². The molecule has 0 spiro atoms. The molecule has 0 bridgehead atoms. The topological polar surface area (TPSA) is 89.7 Å². The number of carbonyl (C=O) groups is 1. The van der Waals surface area contributed by atoms with Crippen LogP contribution in [0.5, 0.6) is 0 Å². The summed E-state index contributed by atoms with van der Waals surface area (Å²) in [5, 5.41) is 0.173. The standard InChI is InChI=1S/C15H21ClN2O4S.ClH/c1-10(17)11-4-3-5-18(9-11)23(20,21)14-7-12(15(19)22-2)6-13(16)8-14;/h6-8,10-11H,3-5,9,17H2,1-2H3;1H. The van der Waals surface area contributed by atoms with Gasteiger partial charge >= 0.3 is 5.97 Å². The molecule has 2 atom stereocenters. The highest BCUT2D eigenvalue weighted by Gasteiger charge is 2.32. The van der Waals surface area contributed by atoms with E-state index in [9.17, 15) is 13.2 Å². The number of nitrogens with two attached hydrogens (primary N) is 1. The van der Waals surface area contributed by atoms with Crippen molar-refractivity contribution in [3.8, 4) is 0 Å². The monoisotopic (exact) mass is 396 g/mol. The fourth-order valence-corrected chi connectivity index (χ4v) is 4.62. The molecule has 1 saturated heterocycles. The Bertz CT molecular complexity index is 695. The number of rotatable bonds is 4. The average Bonchev–Trinajstić information content (AvgIpc) is 2.53. The van der Waals surface area contributed by atoms with Gasteiger partial charge < -0.3 is 10.5 Å². The van der Waals surface area contributed by atoms with Crippen LogP contribution in [0.4, 0.5) is 0 Å². The Balaban J connectivity index is 0.00000288. The van der Waals surface area contributed by atoms with Gasteiger partial charge in [0, 0.05) is 24.2 Å². The normalized spacial score (nSPS) is 20.1. The molecule has 24 heavy (non-hydrogen) atoms. The van der Waals surface area contributed by atoms with Crippen molar-refractivity contribution < 1.29 is 17.9 Å². The highest BCUT2D eigenvalue weighted by Crippen LogP contribution is 2.27. The molecule has 1 fully saturated rings. The van der Waals surface area contributed by atoms with Crippen LogP contribution in [0.2, 0.25) is 5.02 Å². The van der Waals surface area contributed by atoms with Crippen molar-refractivity contribution >= 4 is 40.0 Å². The minimum Gasteiger partial charge on any atom is -0.465 e. The molecule has 1 heterocycles. The predicted octanol–water partition coefficient (Wildman–Crippen LogP) is 2.30. The van der Waals surface area contributed by atoms with E-state index in [4.69, 9.17) is 17.3 Å². The highest BCUT2D eigenvalue weighted by atomic mass is 35.5. The predicted molar refractivity (Wildman–Crippen MR) is 95.2 cm³/mol. The van der Waals surface area contributed by atoms with Crippen LogP contribution in [0.25, 0.3) is 0 Å². The maximum atomic E-state index is 12.8. The van der Waals surface area contributed by atoms with Crippen molar-refractivity contribution in [1.82, 2.24) is 4.31 Å². The first kappa shape index (κ1) is 21.2. The van der Waals surface area contributed by atoms with Gasteiger partial charge in [-0.3, -0.25) is 0 Å². The second-order valence-electron chi connectivity index (χ2n) is 5.79. The number of methoxy groups -OCH3 is 1. The van der Waals surface area contributed by atoms with Crippen molar-refractivity contribution in [2.45, 2.75) is 30.7 Å². The van der Waals surface area contributed by atoms with E-state index >= 15 is 0 Å². The van der Waals surface area contributed by atoms with Gasteiger partial charge in [-0.15, -0.1) is 12.4 Å². The molecule has 1 aliphatic heterocycles. The molecule has 0 saturated carbocycles. The molecule has 1 aliphatic rings. The molecule has 6 nitrogen and oxygen atoms in total. The summed E-state index contributed by atoms with van der Waals surface area (Å²) in [4.78, 5) is 11.7. The lowest BCUT2D eigenvalue weighted by atomic mass is 9.93. The van der Waals surface area contributed by atoms with Crippen LogP contribution in [0.1, 0.15) is 30.1 Å². The Morgan fingerprint density at radius 2 is 2.08 bits per heavy atom. The van der Waals surface area contributed by atoms with E-state index in [2.05, 4.69) is 4.74 Å². The Labute approximate surface area is 153 Å². The summed E-state index contributed by atoms with van der Waals surface area (Å²) < 4.78 is 31.7. The fraction of sp³-hybridized carbons (Fsp3) is 0.533. The van der Waals surface area contributed by atoms with E-state index in [-0.39, 0.29) is 39.8 Å². The number of halogens is 2. The van der Waals surface area contributed by atoms with E-state index in [1.807, 2.05) is 6.92 Å². The lowest BCUT2D eigenvalue weighted by Gasteiger charge is -2.33. The molecular formula is C15H22Cl2N2O4S. The average molecular weight is 397 g/mol.